The summed E-state index contributed by atoms with van der Waals surface area (Å²) in [6, 6.07) is 20.7. The maximum absolute atomic E-state index is 13.5. The van der Waals surface area contributed by atoms with Crippen LogP contribution in [0, 0.1) is 5.92 Å². The van der Waals surface area contributed by atoms with Crippen LogP contribution in [0.3, 0.4) is 0 Å². The van der Waals surface area contributed by atoms with Gasteiger partial charge >= 0.3 is 0 Å². The number of hydrogen-bond acceptors (Lipinski definition) is 4. The Morgan fingerprint density at radius 1 is 0.742 bits per heavy atom. The summed E-state index contributed by atoms with van der Waals surface area (Å²) in [5.74, 6) is -1.53. The van der Waals surface area contributed by atoms with E-state index in [2.05, 4.69) is 0 Å². The third-order valence-electron chi connectivity index (χ3n) is 5.50. The number of benzene rings is 3. The largest absolute Gasteiger partial charge is 0.273 e. The fourth-order valence-electron chi connectivity index (χ4n) is 4.09. The summed E-state index contributed by atoms with van der Waals surface area (Å²) >= 11 is 18.2. The summed E-state index contributed by atoms with van der Waals surface area (Å²) in [7, 11) is 0. The summed E-state index contributed by atoms with van der Waals surface area (Å²) in [6.07, 6.45) is -0.956. The van der Waals surface area contributed by atoms with Crippen molar-refractivity contribution in [1.29, 1.82) is 0 Å². The van der Waals surface area contributed by atoms with Crippen molar-refractivity contribution in [2.75, 3.05) is 9.96 Å². The Bertz CT molecular complexity index is 1170. The second kappa shape index (κ2) is 7.84. The number of halogens is 3. The van der Waals surface area contributed by atoms with Gasteiger partial charge in [-0.1, -0.05) is 65.1 Å². The molecule has 2 heterocycles. The molecular weight excluding hydrogens is 459 g/mol. The molecule has 0 radical (unpaired) electrons. The average Bonchev–Trinajstić information content (AvgIpc) is 3.28. The number of fused-ring (bicyclic) bond motifs is 1. The van der Waals surface area contributed by atoms with E-state index in [0.29, 0.717) is 15.7 Å². The highest BCUT2D eigenvalue weighted by Gasteiger charge is 2.60. The van der Waals surface area contributed by atoms with Gasteiger partial charge in [-0.25, -0.2) is 9.96 Å². The Kier molecular flexibility index (Phi) is 5.15. The Morgan fingerprint density at radius 3 is 2.13 bits per heavy atom. The highest BCUT2D eigenvalue weighted by Crippen LogP contribution is 2.48. The van der Waals surface area contributed by atoms with Crippen LogP contribution in [-0.4, -0.2) is 17.9 Å². The monoisotopic (exact) mass is 472 g/mol. The molecule has 0 spiro atoms. The standard InChI is InChI=1S/C23H15Cl3N2O3/c24-14-8-6-13(7-9-14)20-19-21(31-28(20)15-4-2-1-3-5-15)23(30)27(22(19)29)16-10-11-17(25)18(26)12-16/h1-12,19-21H/t19-,20-,21+/m0/s1. The quantitative estimate of drug-likeness (QED) is 0.458. The zero-order chi connectivity index (χ0) is 21.7. The number of hydroxylamine groups is 1. The molecule has 5 nitrogen and oxygen atoms in total. The van der Waals surface area contributed by atoms with E-state index in [4.69, 9.17) is 39.6 Å². The predicted octanol–water partition coefficient (Wildman–Crippen LogP) is 5.70. The number of amides is 2. The summed E-state index contributed by atoms with van der Waals surface area (Å²) in [5, 5.41) is 2.82. The molecule has 156 valence electrons. The van der Waals surface area contributed by atoms with Crippen LogP contribution in [0.25, 0.3) is 0 Å². The molecule has 8 heteroatoms. The van der Waals surface area contributed by atoms with Crippen molar-refractivity contribution >= 4 is 58.0 Å². The van der Waals surface area contributed by atoms with E-state index in [1.54, 1.807) is 29.3 Å². The lowest BCUT2D eigenvalue weighted by atomic mass is 9.90. The van der Waals surface area contributed by atoms with Gasteiger partial charge in [0.25, 0.3) is 5.91 Å². The molecule has 5 rings (SSSR count). The van der Waals surface area contributed by atoms with Gasteiger partial charge in [0.05, 0.1) is 27.5 Å². The lowest BCUT2D eigenvalue weighted by Crippen LogP contribution is -2.37. The van der Waals surface area contributed by atoms with Gasteiger partial charge in [0.1, 0.15) is 5.92 Å². The predicted molar refractivity (Wildman–Crippen MR) is 120 cm³/mol. The van der Waals surface area contributed by atoms with Crippen molar-refractivity contribution < 1.29 is 14.4 Å². The first kappa shape index (κ1) is 20.3. The van der Waals surface area contributed by atoms with E-state index in [9.17, 15) is 9.59 Å². The zero-order valence-corrected chi connectivity index (χ0v) is 18.2. The van der Waals surface area contributed by atoms with Gasteiger partial charge in [0.2, 0.25) is 5.91 Å². The van der Waals surface area contributed by atoms with E-state index in [1.807, 2.05) is 42.5 Å². The summed E-state index contributed by atoms with van der Waals surface area (Å²) in [6.45, 7) is 0. The van der Waals surface area contributed by atoms with Gasteiger partial charge in [-0.3, -0.25) is 14.4 Å². The SMILES string of the molecule is O=C1[C@@H]2[C@@H](ON(c3ccccc3)[C@H]2c2ccc(Cl)cc2)C(=O)N1c1ccc(Cl)c(Cl)c1. The van der Waals surface area contributed by atoms with Gasteiger partial charge in [-0.2, -0.15) is 0 Å². The molecule has 0 aromatic heterocycles. The molecule has 3 aromatic carbocycles. The third-order valence-corrected chi connectivity index (χ3v) is 6.49. The minimum atomic E-state index is -0.956. The maximum atomic E-state index is 13.5. The first-order valence-electron chi connectivity index (χ1n) is 9.55. The summed E-state index contributed by atoms with van der Waals surface area (Å²) < 4.78 is 0. The van der Waals surface area contributed by atoms with Crippen LogP contribution in [0.1, 0.15) is 11.6 Å². The molecule has 31 heavy (non-hydrogen) atoms. The highest BCUT2D eigenvalue weighted by atomic mass is 35.5. The minimum Gasteiger partial charge on any atom is -0.273 e. The van der Waals surface area contributed by atoms with Gasteiger partial charge in [-0.15, -0.1) is 0 Å². The fraction of sp³-hybridized carbons (Fsp3) is 0.130. The van der Waals surface area contributed by atoms with Crippen molar-refractivity contribution in [1.82, 2.24) is 0 Å². The van der Waals surface area contributed by atoms with Crippen molar-refractivity contribution in [2.24, 2.45) is 5.92 Å². The molecule has 2 aliphatic rings. The van der Waals surface area contributed by atoms with Gasteiger partial charge < -0.3 is 0 Å². The molecule has 3 atom stereocenters. The van der Waals surface area contributed by atoms with Crippen LogP contribution in [0.2, 0.25) is 15.1 Å². The fourth-order valence-corrected chi connectivity index (χ4v) is 4.51. The first-order valence-corrected chi connectivity index (χ1v) is 10.7. The molecule has 2 aliphatic heterocycles. The van der Waals surface area contributed by atoms with Crippen molar-refractivity contribution in [3.63, 3.8) is 0 Å². The molecule has 0 aliphatic carbocycles. The molecule has 0 bridgehead atoms. The molecular formula is C23H15Cl3N2O3. The second-order valence-corrected chi connectivity index (χ2v) is 8.57. The molecule has 0 N–H and O–H groups in total. The van der Waals surface area contributed by atoms with E-state index in [0.717, 1.165) is 16.2 Å². The van der Waals surface area contributed by atoms with E-state index < -0.39 is 24.0 Å². The number of carbonyl (C=O) groups is 2. The molecule has 0 saturated carbocycles. The van der Waals surface area contributed by atoms with Crippen LogP contribution < -0.4 is 9.96 Å². The number of anilines is 2. The van der Waals surface area contributed by atoms with Crippen LogP contribution >= 0.6 is 34.8 Å². The lowest BCUT2D eigenvalue weighted by molar-refractivity contribution is -0.126. The van der Waals surface area contributed by atoms with Gasteiger partial charge in [0.15, 0.2) is 6.10 Å². The minimum absolute atomic E-state index is 0.262. The summed E-state index contributed by atoms with van der Waals surface area (Å²) in [5.41, 5.74) is 1.93. The lowest BCUT2D eigenvalue weighted by Gasteiger charge is -2.28. The van der Waals surface area contributed by atoms with Gasteiger partial charge in [0, 0.05) is 5.02 Å². The number of para-hydroxylation sites is 1. The van der Waals surface area contributed by atoms with Crippen molar-refractivity contribution in [3.8, 4) is 0 Å². The smallest absolute Gasteiger partial charge is 0.266 e. The Hall–Kier alpha value is -2.57. The van der Waals surface area contributed by atoms with Crippen molar-refractivity contribution in [2.45, 2.75) is 12.1 Å². The zero-order valence-electron chi connectivity index (χ0n) is 15.9. The van der Waals surface area contributed by atoms with Gasteiger partial charge in [-0.05, 0) is 48.0 Å². The number of carbonyl (C=O) groups excluding carboxylic acids is 2. The molecule has 2 fully saturated rings. The van der Waals surface area contributed by atoms with Crippen LogP contribution in [0.15, 0.2) is 72.8 Å². The number of hydrogen-bond donors (Lipinski definition) is 0. The van der Waals surface area contributed by atoms with E-state index in [1.165, 1.54) is 6.07 Å². The molecule has 2 saturated heterocycles. The summed E-state index contributed by atoms with van der Waals surface area (Å²) in [4.78, 5) is 34.0. The van der Waals surface area contributed by atoms with Crippen LogP contribution in [0.4, 0.5) is 11.4 Å². The topological polar surface area (TPSA) is 49.9 Å². The number of rotatable bonds is 3. The van der Waals surface area contributed by atoms with Crippen molar-refractivity contribution in [3.05, 3.63) is 93.4 Å². The maximum Gasteiger partial charge on any atom is 0.266 e. The number of imide groups is 1. The average molecular weight is 474 g/mol. The third kappa shape index (κ3) is 3.38. The first-order chi connectivity index (χ1) is 15.0. The normalized spacial score (nSPS) is 22.9. The Labute approximate surface area is 193 Å². The van der Waals surface area contributed by atoms with E-state index >= 15 is 0 Å². The van der Waals surface area contributed by atoms with Crippen LogP contribution in [-0.2, 0) is 14.4 Å². The number of nitrogens with zero attached hydrogens (tertiary/aromatic N) is 2. The van der Waals surface area contributed by atoms with E-state index in [-0.39, 0.29) is 10.9 Å². The second-order valence-electron chi connectivity index (χ2n) is 7.32. The highest BCUT2D eigenvalue weighted by molar-refractivity contribution is 6.42. The molecule has 3 aromatic rings. The Morgan fingerprint density at radius 2 is 1.45 bits per heavy atom. The van der Waals surface area contributed by atoms with Crippen LogP contribution in [0.5, 0.6) is 0 Å². The molecule has 0 unspecified atom stereocenters. The molecule has 2 amide bonds. The Balaban J connectivity index is 1.58.